The summed E-state index contributed by atoms with van der Waals surface area (Å²) in [4.78, 5) is 5.23. The Morgan fingerprint density at radius 2 is 2.27 bits per heavy atom. The van der Waals surface area contributed by atoms with Gasteiger partial charge < -0.3 is 4.84 Å². The summed E-state index contributed by atoms with van der Waals surface area (Å²) in [6, 6.07) is 9.06. The van der Waals surface area contributed by atoms with Crippen molar-refractivity contribution in [2.75, 3.05) is 6.61 Å². The smallest absolute Gasteiger partial charge is 0.119 e. The molecule has 2 nitrogen and oxygen atoms in total. The van der Waals surface area contributed by atoms with Crippen LogP contribution < -0.4 is 0 Å². The number of rotatable bonds is 4. The van der Waals surface area contributed by atoms with Gasteiger partial charge in [-0.3, -0.25) is 0 Å². The zero-order chi connectivity index (χ0) is 11.3. The minimum atomic E-state index is 0.507. The average molecular weight is 204 g/mol. The Morgan fingerprint density at radius 3 is 2.87 bits per heavy atom. The number of aryl methyl sites for hydroxylation is 1. The highest BCUT2D eigenvalue weighted by Crippen LogP contribution is 2.05. The summed E-state index contributed by atoms with van der Waals surface area (Å²) in [5.41, 5.74) is 3.12. The van der Waals surface area contributed by atoms with Crippen molar-refractivity contribution in [1.82, 2.24) is 0 Å². The van der Waals surface area contributed by atoms with E-state index in [0.29, 0.717) is 12.5 Å². The van der Waals surface area contributed by atoms with E-state index in [-0.39, 0.29) is 0 Å². The molecular weight excluding hydrogens is 186 g/mol. The molecule has 0 saturated carbocycles. The zero-order valence-electron chi connectivity index (χ0n) is 9.87. The Hall–Kier alpha value is -1.31. The molecule has 1 aromatic carbocycles. The molecule has 2 heteroatoms. The molecule has 0 saturated heterocycles. The molecule has 0 N–H and O–H groups in total. The minimum Gasteiger partial charge on any atom is -0.395 e. The van der Waals surface area contributed by atoms with Crippen LogP contribution in [0.4, 0.5) is 0 Å². The third-order valence-electron chi connectivity index (χ3n) is 1.97. The number of hydrogen-bond acceptors (Lipinski definition) is 2. The second-order valence-corrected chi connectivity index (χ2v) is 4.13. The first-order chi connectivity index (χ1) is 7.09. The fourth-order valence-corrected chi connectivity index (χ4v) is 1.15. The molecular formula is C13H18NO. The maximum atomic E-state index is 5.23. The maximum absolute atomic E-state index is 5.23. The molecule has 81 valence electrons. The molecule has 1 rings (SSSR count). The first kappa shape index (κ1) is 11.8. The molecule has 0 amide bonds. The van der Waals surface area contributed by atoms with Gasteiger partial charge in [0.05, 0.1) is 5.71 Å². The van der Waals surface area contributed by atoms with Crippen LogP contribution in [-0.2, 0) is 4.84 Å². The number of nitrogens with zero attached hydrogens (tertiary/aromatic N) is 1. The van der Waals surface area contributed by atoms with Crippen LogP contribution in [0.2, 0.25) is 0 Å². The largest absolute Gasteiger partial charge is 0.395 e. The molecule has 0 aromatic heterocycles. The third-order valence-corrected chi connectivity index (χ3v) is 1.97. The van der Waals surface area contributed by atoms with Crippen molar-refractivity contribution in [1.29, 1.82) is 0 Å². The quantitative estimate of drug-likeness (QED) is 0.545. The van der Waals surface area contributed by atoms with Crippen molar-refractivity contribution in [3.8, 4) is 0 Å². The van der Waals surface area contributed by atoms with Crippen LogP contribution in [0.5, 0.6) is 0 Å². The summed E-state index contributed by atoms with van der Waals surface area (Å²) in [5, 5.41) is 4.08. The number of benzene rings is 1. The minimum absolute atomic E-state index is 0.507. The maximum Gasteiger partial charge on any atom is 0.119 e. The molecule has 1 radical (unpaired) electrons. The molecule has 0 atom stereocenters. The fraction of sp³-hybridized carbons (Fsp3) is 0.462. The molecule has 1 aromatic rings. The fourth-order valence-electron chi connectivity index (χ4n) is 1.15. The summed E-state index contributed by atoms with van der Waals surface area (Å²) in [5.74, 6) is 0.507. The first-order valence-electron chi connectivity index (χ1n) is 5.25. The lowest BCUT2D eigenvalue weighted by Crippen LogP contribution is -2.01. The summed E-state index contributed by atoms with van der Waals surface area (Å²) < 4.78 is 0. The first-order valence-corrected chi connectivity index (χ1v) is 5.25. The van der Waals surface area contributed by atoms with E-state index in [1.165, 1.54) is 0 Å². The van der Waals surface area contributed by atoms with Crippen LogP contribution in [0.3, 0.4) is 0 Å². The molecule has 0 fully saturated rings. The Morgan fingerprint density at radius 1 is 1.53 bits per heavy atom. The van der Waals surface area contributed by atoms with Crippen LogP contribution >= 0.6 is 0 Å². The van der Waals surface area contributed by atoms with E-state index in [4.69, 9.17) is 4.84 Å². The van der Waals surface area contributed by atoms with Gasteiger partial charge in [-0.1, -0.05) is 31.1 Å². The van der Waals surface area contributed by atoms with Crippen molar-refractivity contribution in [3.63, 3.8) is 0 Å². The lowest BCUT2D eigenvalue weighted by Gasteiger charge is -2.04. The van der Waals surface area contributed by atoms with Gasteiger partial charge in [0.2, 0.25) is 0 Å². The molecule has 0 unspecified atom stereocenters. The monoisotopic (exact) mass is 204 g/mol. The highest BCUT2D eigenvalue weighted by atomic mass is 16.6. The van der Waals surface area contributed by atoms with E-state index in [1.807, 2.05) is 26.0 Å². The van der Waals surface area contributed by atoms with Gasteiger partial charge in [-0.25, -0.2) is 0 Å². The highest BCUT2D eigenvalue weighted by Gasteiger charge is 1.98. The lowest BCUT2D eigenvalue weighted by atomic mass is 10.1. The Bertz CT molecular complexity index is 342. The Labute approximate surface area is 91.9 Å². The van der Waals surface area contributed by atoms with Crippen LogP contribution in [0, 0.1) is 18.9 Å². The Balaban J connectivity index is 2.63. The molecule has 0 spiro atoms. The van der Waals surface area contributed by atoms with Gasteiger partial charge in [0, 0.05) is 0 Å². The number of hydrogen-bond donors (Lipinski definition) is 0. The SMILES string of the molecule is C/C(=N\OCC(C)C)c1cc[c]c(C)c1. The van der Waals surface area contributed by atoms with Gasteiger partial charge in [-0.2, -0.15) is 0 Å². The lowest BCUT2D eigenvalue weighted by molar-refractivity contribution is 0.118. The Kier molecular flexibility index (Phi) is 4.35. The van der Waals surface area contributed by atoms with Crippen LogP contribution in [0.15, 0.2) is 23.4 Å². The van der Waals surface area contributed by atoms with Crippen molar-refractivity contribution in [3.05, 3.63) is 35.4 Å². The molecule has 0 bridgehead atoms. The van der Waals surface area contributed by atoms with Gasteiger partial charge in [0.1, 0.15) is 6.61 Å². The van der Waals surface area contributed by atoms with Crippen LogP contribution in [0.1, 0.15) is 31.9 Å². The van der Waals surface area contributed by atoms with Crippen molar-refractivity contribution in [2.45, 2.75) is 27.7 Å². The molecule has 15 heavy (non-hydrogen) atoms. The topological polar surface area (TPSA) is 21.6 Å². The van der Waals surface area contributed by atoms with Gasteiger partial charge in [-0.05, 0) is 43.0 Å². The van der Waals surface area contributed by atoms with Crippen molar-refractivity contribution < 1.29 is 4.84 Å². The molecule has 0 aliphatic carbocycles. The van der Waals surface area contributed by atoms with Crippen LogP contribution in [-0.4, -0.2) is 12.3 Å². The summed E-state index contributed by atoms with van der Waals surface area (Å²) >= 11 is 0. The van der Waals surface area contributed by atoms with Crippen LogP contribution in [0.25, 0.3) is 0 Å². The van der Waals surface area contributed by atoms with E-state index in [0.717, 1.165) is 16.8 Å². The number of oxime groups is 1. The van der Waals surface area contributed by atoms with E-state index < -0.39 is 0 Å². The van der Waals surface area contributed by atoms with Gasteiger partial charge in [0.15, 0.2) is 0 Å². The normalized spacial score (nSPS) is 11.9. The van der Waals surface area contributed by atoms with E-state index in [1.54, 1.807) is 0 Å². The third kappa shape index (κ3) is 4.15. The summed E-state index contributed by atoms with van der Waals surface area (Å²) in [6.07, 6.45) is 0. The van der Waals surface area contributed by atoms with Gasteiger partial charge in [0.25, 0.3) is 0 Å². The average Bonchev–Trinajstić information content (AvgIpc) is 2.17. The van der Waals surface area contributed by atoms with Crippen molar-refractivity contribution >= 4 is 5.71 Å². The molecule has 0 aliphatic rings. The molecule has 0 aliphatic heterocycles. The van der Waals surface area contributed by atoms with E-state index in [2.05, 4.69) is 31.1 Å². The standard InChI is InChI=1S/C13H18NO/c1-10(2)9-15-14-12(4)13-7-5-6-11(3)8-13/h5,7-8,10H,9H2,1-4H3/b14-12+. The summed E-state index contributed by atoms with van der Waals surface area (Å²) in [7, 11) is 0. The summed E-state index contributed by atoms with van der Waals surface area (Å²) in [6.45, 7) is 8.84. The predicted molar refractivity (Wildman–Crippen MR) is 63.0 cm³/mol. The second kappa shape index (κ2) is 5.54. The van der Waals surface area contributed by atoms with Crippen molar-refractivity contribution in [2.24, 2.45) is 11.1 Å². The van der Waals surface area contributed by atoms with E-state index in [9.17, 15) is 0 Å². The molecule has 0 heterocycles. The highest BCUT2D eigenvalue weighted by molar-refractivity contribution is 5.98. The van der Waals surface area contributed by atoms with E-state index >= 15 is 0 Å². The predicted octanol–water partition coefficient (Wildman–Crippen LogP) is 3.19. The second-order valence-electron chi connectivity index (χ2n) is 4.13. The zero-order valence-corrected chi connectivity index (χ0v) is 9.87. The van der Waals surface area contributed by atoms with Gasteiger partial charge in [-0.15, -0.1) is 0 Å². The van der Waals surface area contributed by atoms with Gasteiger partial charge >= 0.3 is 0 Å².